The molecular weight excluding hydrogens is 433 g/mol. The van der Waals surface area contributed by atoms with E-state index in [1.54, 1.807) is 43.3 Å². The molecule has 2 aromatic carbocycles. The lowest BCUT2D eigenvalue weighted by molar-refractivity contribution is -0.137. The lowest BCUT2D eigenvalue weighted by atomic mass is 10.1. The van der Waals surface area contributed by atoms with Crippen molar-refractivity contribution in [2.24, 2.45) is 0 Å². The molecule has 1 amide bonds. The minimum atomic E-state index is -4.46. The molecule has 1 N–H and O–H groups in total. The van der Waals surface area contributed by atoms with Crippen molar-refractivity contribution in [3.63, 3.8) is 0 Å². The topological polar surface area (TPSA) is 60.5 Å². The molecule has 0 aliphatic carbocycles. The molecule has 1 unspecified atom stereocenters. The first-order valence-corrected chi connectivity index (χ1v) is 10.5. The molecule has 174 valence electrons. The van der Waals surface area contributed by atoms with Crippen LogP contribution in [0.15, 0.2) is 60.7 Å². The highest BCUT2D eigenvalue weighted by Crippen LogP contribution is 2.33. The van der Waals surface area contributed by atoms with Crippen LogP contribution in [-0.2, 0) is 17.3 Å². The number of carbonyl (C=O) groups is 1. The summed E-state index contributed by atoms with van der Waals surface area (Å²) >= 11 is 0. The summed E-state index contributed by atoms with van der Waals surface area (Å²) in [6.07, 6.45) is -3.79. The smallest absolute Gasteiger partial charge is 0.416 e. The van der Waals surface area contributed by atoms with Gasteiger partial charge < -0.3 is 14.8 Å². The van der Waals surface area contributed by atoms with E-state index < -0.39 is 11.7 Å². The Morgan fingerprint density at radius 1 is 1.06 bits per heavy atom. The van der Waals surface area contributed by atoms with Gasteiger partial charge >= 0.3 is 6.18 Å². The molecule has 3 rings (SSSR count). The Balaban J connectivity index is 1.70. The number of halogens is 3. The molecule has 8 heteroatoms. The largest absolute Gasteiger partial charge is 0.457 e. The fraction of sp³-hybridized carbons (Fsp3) is 0.280. The van der Waals surface area contributed by atoms with Crippen LogP contribution in [0.5, 0.6) is 11.5 Å². The molecule has 0 fully saturated rings. The SMILES string of the molecule is CCOC(C)Cc1ccc(C(=O)Nc2cccc(Oc3cccc(C(F)(F)F)c3)c2)c(C)n1. The van der Waals surface area contributed by atoms with Crippen molar-refractivity contribution in [2.75, 3.05) is 11.9 Å². The summed E-state index contributed by atoms with van der Waals surface area (Å²) in [7, 11) is 0. The second kappa shape index (κ2) is 10.5. The zero-order chi connectivity index (χ0) is 24.0. The number of nitrogens with one attached hydrogen (secondary N) is 1. The van der Waals surface area contributed by atoms with E-state index in [4.69, 9.17) is 9.47 Å². The maximum atomic E-state index is 12.9. The molecule has 0 spiro atoms. The molecule has 0 saturated carbocycles. The Hall–Kier alpha value is -3.39. The molecule has 0 aliphatic rings. The Labute approximate surface area is 190 Å². The van der Waals surface area contributed by atoms with Crippen LogP contribution in [0.4, 0.5) is 18.9 Å². The maximum Gasteiger partial charge on any atom is 0.416 e. The Morgan fingerprint density at radius 3 is 2.42 bits per heavy atom. The number of aryl methyl sites for hydroxylation is 1. The predicted molar refractivity (Wildman–Crippen MR) is 120 cm³/mol. The molecule has 5 nitrogen and oxygen atoms in total. The Morgan fingerprint density at radius 2 is 1.76 bits per heavy atom. The van der Waals surface area contributed by atoms with Crippen LogP contribution in [-0.4, -0.2) is 23.6 Å². The number of anilines is 1. The predicted octanol–water partition coefficient (Wildman–Crippen LogP) is 6.42. The number of alkyl halides is 3. The highest BCUT2D eigenvalue weighted by molar-refractivity contribution is 6.05. The zero-order valence-corrected chi connectivity index (χ0v) is 18.6. The first-order valence-electron chi connectivity index (χ1n) is 10.5. The van der Waals surface area contributed by atoms with Crippen molar-refractivity contribution in [3.8, 4) is 11.5 Å². The van der Waals surface area contributed by atoms with Gasteiger partial charge in [-0.2, -0.15) is 13.2 Å². The van der Waals surface area contributed by atoms with Crippen LogP contribution < -0.4 is 10.1 Å². The summed E-state index contributed by atoms with van der Waals surface area (Å²) in [5.41, 5.74) is 1.49. The third-order valence-corrected chi connectivity index (χ3v) is 4.82. The third-order valence-electron chi connectivity index (χ3n) is 4.82. The average molecular weight is 458 g/mol. The molecule has 33 heavy (non-hydrogen) atoms. The van der Waals surface area contributed by atoms with Crippen LogP contribution in [0, 0.1) is 6.92 Å². The lowest BCUT2D eigenvalue weighted by Gasteiger charge is -2.13. The number of hydrogen-bond donors (Lipinski definition) is 1. The van der Waals surface area contributed by atoms with E-state index in [1.807, 2.05) is 13.8 Å². The zero-order valence-electron chi connectivity index (χ0n) is 18.6. The summed E-state index contributed by atoms with van der Waals surface area (Å²) in [6.45, 7) is 6.28. The molecule has 0 radical (unpaired) electrons. The lowest BCUT2D eigenvalue weighted by Crippen LogP contribution is -2.16. The van der Waals surface area contributed by atoms with Crippen LogP contribution in [0.25, 0.3) is 0 Å². The minimum Gasteiger partial charge on any atom is -0.457 e. The summed E-state index contributed by atoms with van der Waals surface area (Å²) in [4.78, 5) is 17.3. The second-order valence-corrected chi connectivity index (χ2v) is 7.52. The van der Waals surface area contributed by atoms with E-state index in [2.05, 4.69) is 10.3 Å². The van der Waals surface area contributed by atoms with E-state index in [-0.39, 0.29) is 17.8 Å². The number of pyridine rings is 1. The number of hydrogen-bond acceptors (Lipinski definition) is 4. The number of ether oxygens (including phenoxy) is 2. The monoisotopic (exact) mass is 458 g/mol. The number of nitrogens with zero attached hydrogens (tertiary/aromatic N) is 1. The van der Waals surface area contributed by atoms with Crippen LogP contribution in [0.3, 0.4) is 0 Å². The number of amides is 1. The molecule has 1 heterocycles. The van der Waals surface area contributed by atoms with Crippen molar-refractivity contribution in [3.05, 3.63) is 83.2 Å². The van der Waals surface area contributed by atoms with E-state index in [9.17, 15) is 18.0 Å². The molecule has 3 aromatic rings. The maximum absolute atomic E-state index is 12.9. The van der Waals surface area contributed by atoms with E-state index in [0.717, 1.165) is 17.8 Å². The first-order chi connectivity index (χ1) is 15.7. The average Bonchev–Trinajstić information content (AvgIpc) is 2.74. The number of benzene rings is 2. The highest BCUT2D eigenvalue weighted by atomic mass is 19.4. The summed E-state index contributed by atoms with van der Waals surface area (Å²) in [5, 5.41) is 2.78. The van der Waals surface area contributed by atoms with Crippen molar-refractivity contribution in [2.45, 2.75) is 39.5 Å². The molecule has 0 bridgehead atoms. The van der Waals surface area contributed by atoms with Gasteiger partial charge in [-0.3, -0.25) is 9.78 Å². The van der Waals surface area contributed by atoms with Crippen molar-refractivity contribution in [1.29, 1.82) is 0 Å². The van der Waals surface area contributed by atoms with E-state index in [1.165, 1.54) is 12.1 Å². The van der Waals surface area contributed by atoms with Gasteiger partial charge in [0, 0.05) is 30.5 Å². The van der Waals surface area contributed by atoms with Gasteiger partial charge in [-0.15, -0.1) is 0 Å². The molecule has 1 atom stereocenters. The van der Waals surface area contributed by atoms with Gasteiger partial charge in [-0.05, 0) is 63.2 Å². The highest BCUT2D eigenvalue weighted by Gasteiger charge is 2.30. The van der Waals surface area contributed by atoms with Crippen molar-refractivity contribution < 1.29 is 27.4 Å². The van der Waals surface area contributed by atoms with Gasteiger partial charge in [0.1, 0.15) is 11.5 Å². The van der Waals surface area contributed by atoms with E-state index in [0.29, 0.717) is 35.7 Å². The molecular formula is C25H25F3N2O3. The van der Waals surface area contributed by atoms with Gasteiger partial charge in [0.2, 0.25) is 0 Å². The number of carbonyl (C=O) groups excluding carboxylic acids is 1. The van der Waals surface area contributed by atoms with Gasteiger partial charge in [0.15, 0.2) is 0 Å². The fourth-order valence-electron chi connectivity index (χ4n) is 3.31. The van der Waals surface area contributed by atoms with Crippen molar-refractivity contribution in [1.82, 2.24) is 4.98 Å². The fourth-order valence-corrected chi connectivity index (χ4v) is 3.31. The van der Waals surface area contributed by atoms with Crippen LogP contribution >= 0.6 is 0 Å². The second-order valence-electron chi connectivity index (χ2n) is 7.52. The summed E-state index contributed by atoms with van der Waals surface area (Å²) in [6, 6.07) is 14.6. The summed E-state index contributed by atoms with van der Waals surface area (Å²) < 4.78 is 49.8. The van der Waals surface area contributed by atoms with Crippen LogP contribution in [0.1, 0.15) is 41.2 Å². The van der Waals surface area contributed by atoms with Gasteiger partial charge in [0.25, 0.3) is 5.91 Å². The van der Waals surface area contributed by atoms with Crippen molar-refractivity contribution >= 4 is 11.6 Å². The van der Waals surface area contributed by atoms with Gasteiger partial charge in [-0.1, -0.05) is 12.1 Å². The van der Waals surface area contributed by atoms with Gasteiger partial charge in [0.05, 0.1) is 22.9 Å². The molecule has 0 saturated heterocycles. The normalized spacial score (nSPS) is 12.3. The summed E-state index contributed by atoms with van der Waals surface area (Å²) in [5.74, 6) is -0.00641. The number of rotatable bonds is 8. The van der Waals surface area contributed by atoms with E-state index >= 15 is 0 Å². The first kappa shape index (κ1) is 24.3. The number of aromatic nitrogens is 1. The Bertz CT molecular complexity index is 1120. The minimum absolute atomic E-state index is 0.0288. The molecule has 1 aromatic heterocycles. The standard InChI is InChI=1S/C25H25F3N2O3/c1-4-32-16(2)13-20-11-12-23(17(3)29-20)24(31)30-19-8-6-10-22(15-19)33-21-9-5-7-18(14-21)25(26,27)28/h5-12,14-16H,4,13H2,1-3H3,(H,30,31). The Kier molecular flexibility index (Phi) is 7.71. The quantitative estimate of drug-likeness (QED) is 0.423. The molecule has 0 aliphatic heterocycles. The third kappa shape index (κ3) is 6.79. The van der Waals surface area contributed by atoms with Crippen LogP contribution in [0.2, 0.25) is 0 Å². The van der Waals surface area contributed by atoms with Gasteiger partial charge in [-0.25, -0.2) is 0 Å².